The zero-order chi connectivity index (χ0) is 22.4. The van der Waals surface area contributed by atoms with Crippen LogP contribution in [-0.2, 0) is 4.79 Å². The molecule has 2 aromatic rings. The van der Waals surface area contributed by atoms with E-state index in [4.69, 9.17) is 32.2 Å². The first kappa shape index (κ1) is 22.7. The minimum Gasteiger partial charge on any atom is -0.495 e. The van der Waals surface area contributed by atoms with Crippen LogP contribution in [0.3, 0.4) is 0 Å². The highest BCUT2D eigenvalue weighted by atomic mass is 35.5. The molecular formula is C23H23ClN2O4S. The van der Waals surface area contributed by atoms with Gasteiger partial charge in [0.05, 0.1) is 29.3 Å². The zero-order valence-electron chi connectivity index (χ0n) is 17.5. The van der Waals surface area contributed by atoms with Crippen molar-refractivity contribution in [3.63, 3.8) is 0 Å². The molecule has 1 aliphatic rings. The Morgan fingerprint density at radius 3 is 2.81 bits per heavy atom. The van der Waals surface area contributed by atoms with Crippen LogP contribution < -0.4 is 24.8 Å². The third-order valence-electron chi connectivity index (χ3n) is 4.30. The molecule has 0 spiro atoms. The molecule has 1 atom stereocenters. The molecule has 1 saturated heterocycles. The summed E-state index contributed by atoms with van der Waals surface area (Å²) in [5.41, 5.74) is 2.26. The van der Waals surface area contributed by atoms with E-state index in [0.29, 0.717) is 39.3 Å². The van der Waals surface area contributed by atoms with Crippen LogP contribution in [0.25, 0.3) is 6.08 Å². The topological polar surface area (TPSA) is 68.8 Å². The van der Waals surface area contributed by atoms with Gasteiger partial charge in [-0.25, -0.2) is 0 Å². The summed E-state index contributed by atoms with van der Waals surface area (Å²) in [5.74, 6) is 3.78. The summed E-state index contributed by atoms with van der Waals surface area (Å²) in [7, 11) is 1.61. The number of amides is 1. The van der Waals surface area contributed by atoms with Crippen molar-refractivity contribution >= 4 is 41.0 Å². The lowest BCUT2D eigenvalue weighted by Gasteiger charge is -2.16. The Kier molecular flexibility index (Phi) is 7.61. The lowest BCUT2D eigenvalue weighted by Crippen LogP contribution is -2.31. The molecule has 1 heterocycles. The summed E-state index contributed by atoms with van der Waals surface area (Å²) >= 11 is 7.74. The number of carbonyl (C=O) groups is 1. The monoisotopic (exact) mass is 458 g/mol. The summed E-state index contributed by atoms with van der Waals surface area (Å²) in [6.07, 6.45) is 7.03. The highest BCUT2D eigenvalue weighted by Gasteiger charge is 2.28. The van der Waals surface area contributed by atoms with Gasteiger partial charge < -0.3 is 24.8 Å². The van der Waals surface area contributed by atoms with Gasteiger partial charge in [-0.1, -0.05) is 35.3 Å². The third-order valence-corrected chi connectivity index (χ3v) is 5.61. The minimum absolute atomic E-state index is 0.0776. The van der Waals surface area contributed by atoms with Crippen molar-refractivity contribution in [1.29, 1.82) is 0 Å². The van der Waals surface area contributed by atoms with E-state index in [1.807, 2.05) is 32.0 Å². The van der Waals surface area contributed by atoms with E-state index in [9.17, 15) is 4.79 Å². The lowest BCUT2D eigenvalue weighted by atomic mass is 10.2. The number of aryl methyl sites for hydroxylation is 1. The van der Waals surface area contributed by atoms with Gasteiger partial charge in [0.1, 0.15) is 12.4 Å². The van der Waals surface area contributed by atoms with E-state index in [1.54, 1.807) is 25.3 Å². The number of hydrogen-bond acceptors (Lipinski definition) is 6. The molecule has 1 amide bonds. The van der Waals surface area contributed by atoms with Crippen molar-refractivity contribution in [1.82, 2.24) is 5.32 Å². The van der Waals surface area contributed by atoms with Crippen LogP contribution in [-0.4, -0.2) is 31.7 Å². The zero-order valence-corrected chi connectivity index (χ0v) is 19.0. The predicted molar refractivity (Wildman–Crippen MR) is 126 cm³/mol. The standard InChI is InChI=1S/C23H23ClN2O4S/c1-5-9-30-21-16(24)11-15(12-19(21)29-6-2)13-20-22(27)26-23(31-20)25-17-10-14(3)7-8-18(17)28-4/h1,7-8,10-13,23,25H,6,9H2,2-4H3,(H,26,27)/b20-13-. The Balaban J connectivity index is 1.82. The number of hydrogen-bond donors (Lipinski definition) is 2. The van der Waals surface area contributed by atoms with Gasteiger partial charge in [0, 0.05) is 0 Å². The van der Waals surface area contributed by atoms with Gasteiger partial charge in [0.2, 0.25) is 0 Å². The minimum atomic E-state index is -0.338. The maximum atomic E-state index is 12.5. The predicted octanol–water partition coefficient (Wildman–Crippen LogP) is 4.67. The van der Waals surface area contributed by atoms with Gasteiger partial charge in [0.25, 0.3) is 5.91 Å². The highest BCUT2D eigenvalue weighted by molar-refractivity contribution is 8.05. The van der Waals surface area contributed by atoms with E-state index in [2.05, 4.69) is 16.6 Å². The van der Waals surface area contributed by atoms with E-state index in [0.717, 1.165) is 11.3 Å². The number of carbonyl (C=O) groups excluding carboxylic acids is 1. The van der Waals surface area contributed by atoms with Gasteiger partial charge in [-0.15, -0.1) is 6.42 Å². The van der Waals surface area contributed by atoms with Crippen LogP contribution in [0.15, 0.2) is 35.2 Å². The largest absolute Gasteiger partial charge is 0.495 e. The second kappa shape index (κ2) is 10.4. The fourth-order valence-corrected chi connectivity index (χ4v) is 4.23. The van der Waals surface area contributed by atoms with Crippen molar-refractivity contribution in [3.05, 3.63) is 51.4 Å². The molecular weight excluding hydrogens is 436 g/mol. The Labute approximate surface area is 191 Å². The maximum Gasteiger partial charge on any atom is 0.260 e. The number of nitrogens with one attached hydrogen (secondary N) is 2. The van der Waals surface area contributed by atoms with Crippen molar-refractivity contribution in [2.24, 2.45) is 0 Å². The molecule has 0 aliphatic carbocycles. The molecule has 3 rings (SSSR count). The number of ether oxygens (including phenoxy) is 3. The van der Waals surface area contributed by atoms with Crippen molar-refractivity contribution in [2.45, 2.75) is 19.3 Å². The summed E-state index contributed by atoms with van der Waals surface area (Å²) < 4.78 is 16.5. The van der Waals surface area contributed by atoms with E-state index in [1.165, 1.54) is 11.8 Å². The number of anilines is 1. The summed E-state index contributed by atoms with van der Waals surface area (Å²) in [6, 6.07) is 9.30. The Bertz CT molecular complexity index is 1050. The van der Waals surface area contributed by atoms with Crippen LogP contribution in [0.1, 0.15) is 18.1 Å². The van der Waals surface area contributed by atoms with Gasteiger partial charge in [-0.2, -0.15) is 0 Å². The molecule has 0 aromatic heterocycles. The van der Waals surface area contributed by atoms with E-state index < -0.39 is 0 Å². The Hall–Kier alpha value is -2.95. The van der Waals surface area contributed by atoms with Crippen molar-refractivity contribution < 1.29 is 19.0 Å². The maximum absolute atomic E-state index is 12.5. The molecule has 162 valence electrons. The van der Waals surface area contributed by atoms with Gasteiger partial charge in [-0.3, -0.25) is 4.79 Å². The Morgan fingerprint density at radius 1 is 1.29 bits per heavy atom. The van der Waals surface area contributed by atoms with Gasteiger partial charge in [-0.05, 0) is 55.3 Å². The number of terminal acetylenes is 1. The second-order valence-electron chi connectivity index (χ2n) is 6.58. The molecule has 8 heteroatoms. The normalized spacial score (nSPS) is 16.5. The first-order valence-electron chi connectivity index (χ1n) is 9.58. The van der Waals surface area contributed by atoms with Crippen molar-refractivity contribution in [2.75, 3.05) is 25.6 Å². The molecule has 1 aliphatic heterocycles. The molecule has 2 N–H and O–H groups in total. The van der Waals surface area contributed by atoms with E-state index >= 15 is 0 Å². The van der Waals surface area contributed by atoms with Gasteiger partial charge >= 0.3 is 0 Å². The van der Waals surface area contributed by atoms with Crippen molar-refractivity contribution in [3.8, 4) is 29.6 Å². The molecule has 1 fully saturated rings. The quantitative estimate of drug-likeness (QED) is 0.442. The van der Waals surface area contributed by atoms with E-state index in [-0.39, 0.29) is 18.0 Å². The molecule has 2 aromatic carbocycles. The average Bonchev–Trinajstić information content (AvgIpc) is 3.06. The van der Waals surface area contributed by atoms with Gasteiger partial charge in [0.15, 0.2) is 17.0 Å². The number of methoxy groups -OCH3 is 1. The number of benzene rings is 2. The molecule has 0 radical (unpaired) electrons. The lowest BCUT2D eigenvalue weighted by molar-refractivity contribution is -0.116. The average molecular weight is 459 g/mol. The fourth-order valence-electron chi connectivity index (χ4n) is 2.98. The SMILES string of the molecule is C#CCOc1c(Cl)cc(/C=C2\SC(Nc3cc(C)ccc3OC)NC2=O)cc1OCC. The molecule has 0 saturated carbocycles. The number of rotatable bonds is 8. The van der Waals surface area contributed by atoms with Crippen LogP contribution >= 0.6 is 23.4 Å². The number of thioether (sulfide) groups is 1. The van der Waals surface area contributed by atoms with Crippen LogP contribution in [0.4, 0.5) is 5.69 Å². The molecule has 1 unspecified atom stereocenters. The smallest absolute Gasteiger partial charge is 0.260 e. The molecule has 0 bridgehead atoms. The highest BCUT2D eigenvalue weighted by Crippen LogP contribution is 2.39. The fraction of sp³-hybridized carbons (Fsp3) is 0.261. The molecule has 31 heavy (non-hydrogen) atoms. The first-order valence-corrected chi connectivity index (χ1v) is 10.8. The summed E-state index contributed by atoms with van der Waals surface area (Å²) in [5, 5.41) is 6.57. The number of halogens is 1. The third kappa shape index (κ3) is 5.60. The Morgan fingerprint density at radius 2 is 2.10 bits per heavy atom. The molecule has 6 nitrogen and oxygen atoms in total. The van der Waals surface area contributed by atoms with Crippen LogP contribution in [0.2, 0.25) is 5.02 Å². The van der Waals surface area contributed by atoms with Crippen LogP contribution in [0, 0.1) is 19.3 Å². The van der Waals surface area contributed by atoms with Crippen LogP contribution in [0.5, 0.6) is 17.2 Å². The summed E-state index contributed by atoms with van der Waals surface area (Å²) in [4.78, 5) is 13.1. The second-order valence-corrected chi connectivity index (χ2v) is 8.14. The first-order chi connectivity index (χ1) is 14.9. The summed E-state index contributed by atoms with van der Waals surface area (Å²) in [6.45, 7) is 4.36.